The summed E-state index contributed by atoms with van der Waals surface area (Å²) in [4.78, 5) is 11.2. The molecule has 5 N–H and O–H groups in total. The van der Waals surface area contributed by atoms with Gasteiger partial charge in [0.1, 0.15) is 11.6 Å². The topological polar surface area (TPSA) is 104 Å². The number of carbonyl (C=O) groups is 1. The molecule has 0 amide bonds. The molecule has 0 aromatic rings. The monoisotopic (exact) mass is 247 g/mol. The summed E-state index contributed by atoms with van der Waals surface area (Å²) in [6.07, 6.45) is -1.51. The number of hydrogen-bond donors (Lipinski definition) is 4. The molecule has 3 unspecified atom stereocenters. The molecule has 0 saturated heterocycles. The minimum absolute atomic E-state index is 0.345. The Morgan fingerprint density at radius 1 is 1.18 bits per heavy atom. The van der Waals surface area contributed by atoms with E-state index in [1.165, 1.54) is 0 Å². The Morgan fingerprint density at radius 3 is 1.94 bits per heavy atom. The highest BCUT2D eigenvalue weighted by Crippen LogP contribution is 2.23. The SMILES string of the molecule is CC(C)CCC(O)C(O)C(N)(C(=O)O)C(C)C. The minimum Gasteiger partial charge on any atom is -0.480 e. The summed E-state index contributed by atoms with van der Waals surface area (Å²) in [5.41, 5.74) is 3.92. The van der Waals surface area contributed by atoms with Crippen LogP contribution in [0.4, 0.5) is 0 Å². The molecule has 0 aromatic carbocycles. The Hall–Kier alpha value is -0.650. The minimum atomic E-state index is -1.81. The van der Waals surface area contributed by atoms with Gasteiger partial charge in [0.2, 0.25) is 0 Å². The second-order valence-corrected chi connectivity index (χ2v) is 5.38. The van der Waals surface area contributed by atoms with Crippen molar-refractivity contribution in [3.05, 3.63) is 0 Å². The molecule has 0 fully saturated rings. The quantitative estimate of drug-likeness (QED) is 0.527. The van der Waals surface area contributed by atoms with E-state index >= 15 is 0 Å². The molecule has 3 atom stereocenters. The van der Waals surface area contributed by atoms with E-state index in [0.29, 0.717) is 18.8 Å². The molecule has 5 nitrogen and oxygen atoms in total. The maximum Gasteiger partial charge on any atom is 0.326 e. The van der Waals surface area contributed by atoms with Gasteiger partial charge in [-0.05, 0) is 24.7 Å². The standard InChI is InChI=1S/C12H25NO4/c1-7(2)5-6-9(14)10(15)12(13,8(3)4)11(16)17/h7-10,14-15H,5-6,13H2,1-4H3,(H,16,17). The predicted octanol–water partition coefficient (Wildman–Crippen LogP) is 0.583. The molecule has 17 heavy (non-hydrogen) atoms. The average Bonchev–Trinajstić information content (AvgIpc) is 2.22. The number of aliphatic hydroxyl groups is 2. The van der Waals surface area contributed by atoms with Crippen LogP contribution in [0.2, 0.25) is 0 Å². The summed E-state index contributed by atoms with van der Waals surface area (Å²) < 4.78 is 0. The summed E-state index contributed by atoms with van der Waals surface area (Å²) in [5.74, 6) is -1.37. The summed E-state index contributed by atoms with van der Waals surface area (Å²) in [7, 11) is 0. The van der Waals surface area contributed by atoms with E-state index in [1.807, 2.05) is 13.8 Å². The van der Waals surface area contributed by atoms with Gasteiger partial charge in [0.15, 0.2) is 0 Å². The lowest BCUT2D eigenvalue weighted by Gasteiger charge is -2.36. The fraction of sp³-hybridized carbons (Fsp3) is 0.917. The summed E-state index contributed by atoms with van der Waals surface area (Å²) in [6.45, 7) is 7.22. The van der Waals surface area contributed by atoms with Crippen LogP contribution in [0, 0.1) is 11.8 Å². The molecule has 0 saturated carbocycles. The Morgan fingerprint density at radius 2 is 1.65 bits per heavy atom. The van der Waals surface area contributed by atoms with Gasteiger partial charge in [0, 0.05) is 0 Å². The second kappa shape index (κ2) is 6.33. The number of hydrogen-bond acceptors (Lipinski definition) is 4. The molecule has 102 valence electrons. The van der Waals surface area contributed by atoms with E-state index in [4.69, 9.17) is 10.8 Å². The number of carboxylic acid groups (broad SMARTS) is 1. The predicted molar refractivity (Wildman–Crippen MR) is 65.5 cm³/mol. The summed E-state index contributed by atoms with van der Waals surface area (Å²) >= 11 is 0. The maximum absolute atomic E-state index is 11.2. The first kappa shape index (κ1) is 16.4. The summed E-state index contributed by atoms with van der Waals surface area (Å²) in [6, 6.07) is 0. The molecular formula is C12H25NO4. The number of rotatable bonds is 7. The molecule has 0 radical (unpaired) electrons. The zero-order valence-corrected chi connectivity index (χ0v) is 11.1. The zero-order valence-electron chi connectivity index (χ0n) is 11.1. The van der Waals surface area contributed by atoms with Gasteiger partial charge in [-0.15, -0.1) is 0 Å². The Bertz CT molecular complexity index is 255. The zero-order chi connectivity index (χ0) is 13.8. The van der Waals surface area contributed by atoms with E-state index in [0.717, 1.165) is 0 Å². The summed E-state index contributed by atoms with van der Waals surface area (Å²) in [5, 5.41) is 28.8. The first-order chi connectivity index (χ1) is 7.63. The lowest BCUT2D eigenvalue weighted by Crippen LogP contribution is -2.64. The molecular weight excluding hydrogens is 222 g/mol. The van der Waals surface area contributed by atoms with E-state index in [-0.39, 0.29) is 0 Å². The number of aliphatic hydroxyl groups excluding tert-OH is 2. The highest BCUT2D eigenvalue weighted by Gasteiger charge is 2.47. The van der Waals surface area contributed by atoms with Crippen molar-refractivity contribution in [2.45, 2.75) is 58.3 Å². The van der Waals surface area contributed by atoms with Crippen LogP contribution in [0.3, 0.4) is 0 Å². The Labute approximate surface area is 103 Å². The van der Waals surface area contributed by atoms with Gasteiger partial charge in [0.25, 0.3) is 0 Å². The number of carboxylic acids is 1. The van der Waals surface area contributed by atoms with Gasteiger partial charge in [-0.2, -0.15) is 0 Å². The number of aliphatic carboxylic acids is 1. The fourth-order valence-electron chi connectivity index (χ4n) is 1.70. The smallest absolute Gasteiger partial charge is 0.326 e. The fourth-order valence-corrected chi connectivity index (χ4v) is 1.70. The van der Waals surface area contributed by atoms with E-state index < -0.39 is 29.6 Å². The van der Waals surface area contributed by atoms with E-state index in [9.17, 15) is 15.0 Å². The van der Waals surface area contributed by atoms with Crippen LogP contribution in [0.25, 0.3) is 0 Å². The average molecular weight is 247 g/mol. The molecule has 0 bridgehead atoms. The van der Waals surface area contributed by atoms with Gasteiger partial charge in [-0.25, -0.2) is 0 Å². The third-order valence-electron chi connectivity index (χ3n) is 3.22. The lowest BCUT2D eigenvalue weighted by atomic mass is 9.79. The second-order valence-electron chi connectivity index (χ2n) is 5.38. The van der Waals surface area contributed by atoms with Crippen LogP contribution in [0.1, 0.15) is 40.5 Å². The molecule has 0 aliphatic rings. The molecule has 0 heterocycles. The van der Waals surface area contributed by atoms with Crippen LogP contribution in [0.5, 0.6) is 0 Å². The van der Waals surface area contributed by atoms with Crippen molar-refractivity contribution >= 4 is 5.97 Å². The van der Waals surface area contributed by atoms with Crippen molar-refractivity contribution in [3.8, 4) is 0 Å². The van der Waals surface area contributed by atoms with Crippen LogP contribution in [-0.4, -0.2) is 39.0 Å². The van der Waals surface area contributed by atoms with Crippen molar-refractivity contribution in [3.63, 3.8) is 0 Å². The molecule has 0 spiro atoms. The van der Waals surface area contributed by atoms with Crippen molar-refractivity contribution < 1.29 is 20.1 Å². The largest absolute Gasteiger partial charge is 0.480 e. The van der Waals surface area contributed by atoms with E-state index in [1.54, 1.807) is 13.8 Å². The Kier molecular flexibility index (Phi) is 6.09. The Balaban J connectivity index is 4.73. The maximum atomic E-state index is 11.2. The molecule has 0 aliphatic carbocycles. The van der Waals surface area contributed by atoms with Crippen molar-refractivity contribution in [1.29, 1.82) is 0 Å². The van der Waals surface area contributed by atoms with Crippen LogP contribution < -0.4 is 5.73 Å². The third kappa shape index (κ3) is 3.94. The lowest BCUT2D eigenvalue weighted by molar-refractivity contribution is -0.155. The van der Waals surface area contributed by atoms with Gasteiger partial charge in [0.05, 0.1) is 6.10 Å². The van der Waals surface area contributed by atoms with Gasteiger partial charge in [-0.1, -0.05) is 27.7 Å². The van der Waals surface area contributed by atoms with E-state index in [2.05, 4.69) is 0 Å². The first-order valence-corrected chi connectivity index (χ1v) is 6.02. The van der Waals surface area contributed by atoms with Gasteiger partial charge in [-0.3, -0.25) is 4.79 Å². The highest BCUT2D eigenvalue weighted by atomic mass is 16.4. The van der Waals surface area contributed by atoms with Gasteiger partial charge < -0.3 is 21.1 Å². The number of nitrogens with two attached hydrogens (primary N) is 1. The van der Waals surface area contributed by atoms with Gasteiger partial charge >= 0.3 is 5.97 Å². The van der Waals surface area contributed by atoms with Crippen molar-refractivity contribution in [2.24, 2.45) is 17.6 Å². The normalized spacial score (nSPS) is 19.1. The van der Waals surface area contributed by atoms with Crippen molar-refractivity contribution in [1.82, 2.24) is 0 Å². The first-order valence-electron chi connectivity index (χ1n) is 6.02. The molecule has 0 rings (SSSR count). The highest BCUT2D eigenvalue weighted by molar-refractivity contribution is 5.79. The van der Waals surface area contributed by atoms with Crippen LogP contribution in [0.15, 0.2) is 0 Å². The molecule has 0 aliphatic heterocycles. The van der Waals surface area contributed by atoms with Crippen LogP contribution in [-0.2, 0) is 4.79 Å². The molecule has 0 aromatic heterocycles. The third-order valence-corrected chi connectivity index (χ3v) is 3.22. The van der Waals surface area contributed by atoms with Crippen molar-refractivity contribution in [2.75, 3.05) is 0 Å². The molecule has 5 heteroatoms. The van der Waals surface area contributed by atoms with Crippen LogP contribution >= 0.6 is 0 Å².